The van der Waals surface area contributed by atoms with Crippen molar-refractivity contribution < 1.29 is 0 Å². The lowest BCUT2D eigenvalue weighted by Gasteiger charge is -2.05. The van der Waals surface area contributed by atoms with E-state index >= 15 is 0 Å². The molecule has 0 bridgehead atoms. The normalized spacial score (nSPS) is 11.0. The lowest BCUT2D eigenvalue weighted by atomic mass is 10.1. The zero-order valence-electron chi connectivity index (χ0n) is 10.4. The average Bonchev–Trinajstić information content (AvgIpc) is 2.74. The summed E-state index contributed by atoms with van der Waals surface area (Å²) in [6, 6.07) is 10.1. The van der Waals surface area contributed by atoms with Crippen LogP contribution in [-0.2, 0) is 7.05 Å². The van der Waals surface area contributed by atoms with Crippen molar-refractivity contribution >= 4 is 16.6 Å². The molecule has 1 aromatic carbocycles. The number of rotatable bonds is 1. The fourth-order valence-electron chi connectivity index (χ4n) is 2.06. The van der Waals surface area contributed by atoms with Gasteiger partial charge in [-0.05, 0) is 31.2 Å². The third-order valence-electron chi connectivity index (χ3n) is 3.17. The van der Waals surface area contributed by atoms with Crippen molar-refractivity contribution in [2.75, 3.05) is 5.73 Å². The monoisotopic (exact) mass is 238 g/mol. The minimum atomic E-state index is 0.723. The topological polar surface area (TPSA) is 56.7 Å². The van der Waals surface area contributed by atoms with Crippen molar-refractivity contribution in [3.8, 4) is 11.3 Å². The van der Waals surface area contributed by atoms with E-state index in [0.717, 1.165) is 33.5 Å². The van der Waals surface area contributed by atoms with Gasteiger partial charge in [0.05, 0.1) is 28.8 Å². The van der Waals surface area contributed by atoms with Crippen LogP contribution in [-0.4, -0.2) is 14.8 Å². The third kappa shape index (κ3) is 1.62. The lowest BCUT2D eigenvalue weighted by molar-refractivity contribution is 0.797. The summed E-state index contributed by atoms with van der Waals surface area (Å²) in [7, 11) is 1.94. The molecular weight excluding hydrogens is 224 g/mol. The quantitative estimate of drug-likeness (QED) is 0.708. The number of aryl methyl sites for hydroxylation is 2. The fourth-order valence-corrected chi connectivity index (χ4v) is 2.06. The van der Waals surface area contributed by atoms with Gasteiger partial charge in [0.15, 0.2) is 0 Å². The molecular formula is C14H14N4. The maximum Gasteiger partial charge on any atom is 0.0707 e. The number of nitrogen functional groups attached to an aromatic ring is 1. The predicted molar refractivity (Wildman–Crippen MR) is 73.1 cm³/mol. The SMILES string of the molecule is Cc1nc(-c2ccc3c(cnn3C)c2)ccc1N. The summed E-state index contributed by atoms with van der Waals surface area (Å²) in [6.45, 7) is 1.92. The molecule has 4 nitrogen and oxygen atoms in total. The Hall–Kier alpha value is -2.36. The van der Waals surface area contributed by atoms with Crippen LogP contribution in [0.3, 0.4) is 0 Å². The molecule has 18 heavy (non-hydrogen) atoms. The molecule has 0 spiro atoms. The Morgan fingerprint density at radius 2 is 2.00 bits per heavy atom. The summed E-state index contributed by atoms with van der Waals surface area (Å²) in [6.07, 6.45) is 1.86. The van der Waals surface area contributed by atoms with Gasteiger partial charge in [0.1, 0.15) is 0 Å². The van der Waals surface area contributed by atoms with E-state index in [1.165, 1.54) is 0 Å². The summed E-state index contributed by atoms with van der Waals surface area (Å²) >= 11 is 0. The van der Waals surface area contributed by atoms with E-state index in [9.17, 15) is 0 Å². The van der Waals surface area contributed by atoms with Crippen LogP contribution in [0.15, 0.2) is 36.5 Å². The number of aromatic nitrogens is 3. The van der Waals surface area contributed by atoms with E-state index in [4.69, 9.17) is 5.73 Å². The smallest absolute Gasteiger partial charge is 0.0707 e. The molecule has 0 aliphatic heterocycles. The summed E-state index contributed by atoms with van der Waals surface area (Å²) in [5.74, 6) is 0. The maximum absolute atomic E-state index is 5.78. The van der Waals surface area contributed by atoms with Gasteiger partial charge in [0, 0.05) is 18.0 Å². The lowest BCUT2D eigenvalue weighted by Crippen LogP contribution is -1.94. The first-order valence-electron chi connectivity index (χ1n) is 5.80. The zero-order valence-corrected chi connectivity index (χ0v) is 10.4. The third-order valence-corrected chi connectivity index (χ3v) is 3.17. The van der Waals surface area contributed by atoms with E-state index in [-0.39, 0.29) is 0 Å². The van der Waals surface area contributed by atoms with Gasteiger partial charge < -0.3 is 5.73 Å². The standard InChI is InChI=1S/C14H14N4/c1-9-12(15)4-5-13(17-9)10-3-6-14-11(7-10)8-16-18(14)2/h3-8H,15H2,1-2H3. The molecule has 2 aromatic heterocycles. The number of pyridine rings is 1. The molecule has 2 N–H and O–H groups in total. The highest BCUT2D eigenvalue weighted by Crippen LogP contribution is 2.24. The number of nitrogens with zero attached hydrogens (tertiary/aromatic N) is 3. The minimum Gasteiger partial charge on any atom is -0.397 e. The molecule has 0 amide bonds. The van der Waals surface area contributed by atoms with E-state index < -0.39 is 0 Å². The second-order valence-electron chi connectivity index (χ2n) is 4.41. The van der Waals surface area contributed by atoms with Crippen LogP contribution in [0.4, 0.5) is 5.69 Å². The molecule has 0 unspecified atom stereocenters. The molecule has 3 aromatic rings. The molecule has 0 saturated heterocycles. The first kappa shape index (κ1) is 10.8. The first-order chi connectivity index (χ1) is 8.65. The fraction of sp³-hybridized carbons (Fsp3) is 0.143. The van der Waals surface area contributed by atoms with Gasteiger partial charge in [-0.1, -0.05) is 6.07 Å². The van der Waals surface area contributed by atoms with Crippen LogP contribution in [0.2, 0.25) is 0 Å². The molecule has 4 heteroatoms. The van der Waals surface area contributed by atoms with Crippen LogP contribution in [0.25, 0.3) is 22.2 Å². The molecule has 3 rings (SSSR count). The van der Waals surface area contributed by atoms with Gasteiger partial charge in [-0.2, -0.15) is 5.10 Å². The summed E-state index contributed by atoms with van der Waals surface area (Å²) < 4.78 is 1.86. The molecule has 0 atom stereocenters. The van der Waals surface area contributed by atoms with E-state index in [2.05, 4.69) is 28.3 Å². The summed E-state index contributed by atoms with van der Waals surface area (Å²) in [5, 5.41) is 5.36. The highest BCUT2D eigenvalue weighted by atomic mass is 15.2. The van der Waals surface area contributed by atoms with Crippen LogP contribution < -0.4 is 5.73 Å². The number of benzene rings is 1. The molecule has 0 aliphatic carbocycles. The minimum absolute atomic E-state index is 0.723. The Morgan fingerprint density at radius 3 is 2.78 bits per heavy atom. The van der Waals surface area contributed by atoms with Crippen molar-refractivity contribution in [2.24, 2.45) is 7.05 Å². The highest BCUT2D eigenvalue weighted by Gasteiger charge is 2.05. The second-order valence-corrected chi connectivity index (χ2v) is 4.41. The van der Waals surface area contributed by atoms with Gasteiger partial charge in [-0.25, -0.2) is 0 Å². The molecule has 90 valence electrons. The number of nitrogens with two attached hydrogens (primary N) is 1. The van der Waals surface area contributed by atoms with E-state index in [1.54, 1.807) is 0 Å². The van der Waals surface area contributed by atoms with Crippen LogP contribution >= 0.6 is 0 Å². The summed E-state index contributed by atoms with van der Waals surface area (Å²) in [5.41, 5.74) is 10.5. The maximum atomic E-state index is 5.78. The van der Waals surface area contributed by atoms with Gasteiger partial charge in [0.25, 0.3) is 0 Å². The Balaban J connectivity index is 2.16. The number of fused-ring (bicyclic) bond motifs is 1. The van der Waals surface area contributed by atoms with Gasteiger partial charge >= 0.3 is 0 Å². The molecule has 0 radical (unpaired) electrons. The van der Waals surface area contributed by atoms with Gasteiger partial charge in [-0.3, -0.25) is 9.67 Å². The average molecular weight is 238 g/mol. The number of hydrogen-bond donors (Lipinski definition) is 1. The Morgan fingerprint density at radius 1 is 1.17 bits per heavy atom. The molecule has 0 fully saturated rings. The van der Waals surface area contributed by atoms with Gasteiger partial charge in [0.2, 0.25) is 0 Å². The predicted octanol–water partition coefficient (Wildman–Crippen LogP) is 2.53. The Labute approximate surface area is 105 Å². The number of anilines is 1. The second kappa shape index (κ2) is 3.84. The zero-order chi connectivity index (χ0) is 12.7. The Bertz CT molecular complexity index is 728. The Kier molecular flexibility index (Phi) is 2.30. The van der Waals surface area contributed by atoms with Crippen LogP contribution in [0.5, 0.6) is 0 Å². The molecule has 2 heterocycles. The van der Waals surface area contributed by atoms with Crippen LogP contribution in [0.1, 0.15) is 5.69 Å². The highest BCUT2D eigenvalue weighted by molar-refractivity contribution is 5.84. The molecule has 0 aliphatic rings. The molecule has 0 saturated carbocycles. The van der Waals surface area contributed by atoms with Gasteiger partial charge in [-0.15, -0.1) is 0 Å². The van der Waals surface area contributed by atoms with Crippen molar-refractivity contribution in [3.63, 3.8) is 0 Å². The van der Waals surface area contributed by atoms with Crippen molar-refractivity contribution in [2.45, 2.75) is 6.92 Å². The largest absolute Gasteiger partial charge is 0.397 e. The number of hydrogen-bond acceptors (Lipinski definition) is 3. The first-order valence-corrected chi connectivity index (χ1v) is 5.80. The van der Waals surface area contributed by atoms with Crippen molar-refractivity contribution in [3.05, 3.63) is 42.2 Å². The van der Waals surface area contributed by atoms with E-state index in [1.807, 2.05) is 37.0 Å². The van der Waals surface area contributed by atoms with Crippen molar-refractivity contribution in [1.29, 1.82) is 0 Å². The summed E-state index contributed by atoms with van der Waals surface area (Å²) in [4.78, 5) is 4.50. The van der Waals surface area contributed by atoms with Crippen LogP contribution in [0, 0.1) is 6.92 Å². The van der Waals surface area contributed by atoms with Crippen molar-refractivity contribution in [1.82, 2.24) is 14.8 Å². The van der Waals surface area contributed by atoms with E-state index in [0.29, 0.717) is 0 Å².